The molecule has 1 saturated heterocycles. The maximum atomic E-state index is 11.6. The highest BCUT2D eigenvalue weighted by atomic mass is 16.5. The zero-order chi connectivity index (χ0) is 11.3. The number of aliphatic hydroxyl groups is 1. The Balaban J connectivity index is 2.23. The van der Waals surface area contributed by atoms with E-state index >= 15 is 0 Å². The van der Waals surface area contributed by atoms with Gasteiger partial charge in [0.2, 0.25) is 5.91 Å². The van der Waals surface area contributed by atoms with Crippen molar-refractivity contribution in [2.75, 3.05) is 26.8 Å². The maximum Gasteiger partial charge on any atom is 0.237 e. The molecule has 0 saturated carbocycles. The first-order valence-corrected chi connectivity index (χ1v) is 5.33. The van der Waals surface area contributed by atoms with E-state index in [0.717, 1.165) is 13.0 Å². The summed E-state index contributed by atoms with van der Waals surface area (Å²) in [4.78, 5) is 11.6. The first kappa shape index (κ1) is 12.4. The molecule has 0 bridgehead atoms. The van der Waals surface area contributed by atoms with Crippen LogP contribution in [0.4, 0.5) is 0 Å². The zero-order valence-electron chi connectivity index (χ0n) is 9.32. The standard InChI is InChI=1S/C10H20N2O3/c1-7-3-4-11-9(7)10(14)12-5-8(13)6-15-2/h7-9,11,13H,3-6H2,1-2H3,(H,12,14). The number of carbonyl (C=O) groups is 1. The summed E-state index contributed by atoms with van der Waals surface area (Å²) in [6.07, 6.45) is 0.397. The third kappa shape index (κ3) is 3.77. The van der Waals surface area contributed by atoms with Gasteiger partial charge in [0.15, 0.2) is 0 Å². The quantitative estimate of drug-likeness (QED) is 0.557. The van der Waals surface area contributed by atoms with Gasteiger partial charge in [-0.3, -0.25) is 4.79 Å². The Kier molecular flexibility index (Phi) is 5.01. The summed E-state index contributed by atoms with van der Waals surface area (Å²) in [7, 11) is 1.52. The van der Waals surface area contributed by atoms with E-state index in [2.05, 4.69) is 17.6 Å². The monoisotopic (exact) mass is 216 g/mol. The van der Waals surface area contributed by atoms with Crippen LogP contribution in [0.5, 0.6) is 0 Å². The molecule has 0 aromatic rings. The highest BCUT2D eigenvalue weighted by Crippen LogP contribution is 2.13. The van der Waals surface area contributed by atoms with Crippen LogP contribution in [-0.4, -0.2) is 50.0 Å². The smallest absolute Gasteiger partial charge is 0.237 e. The number of carbonyl (C=O) groups excluding carboxylic acids is 1. The minimum atomic E-state index is -0.629. The molecule has 1 aliphatic rings. The fourth-order valence-corrected chi connectivity index (χ4v) is 1.77. The molecule has 0 aliphatic carbocycles. The molecule has 5 nitrogen and oxygen atoms in total. The van der Waals surface area contributed by atoms with Gasteiger partial charge in [0, 0.05) is 13.7 Å². The molecule has 1 fully saturated rings. The highest BCUT2D eigenvalue weighted by Gasteiger charge is 2.29. The lowest BCUT2D eigenvalue weighted by atomic mass is 10.0. The van der Waals surface area contributed by atoms with Gasteiger partial charge in [-0.25, -0.2) is 0 Å². The van der Waals surface area contributed by atoms with E-state index in [1.54, 1.807) is 0 Å². The lowest BCUT2D eigenvalue weighted by Gasteiger charge is -2.17. The van der Waals surface area contributed by atoms with E-state index in [-0.39, 0.29) is 25.1 Å². The number of hydrogen-bond donors (Lipinski definition) is 3. The molecule has 1 rings (SSSR count). The van der Waals surface area contributed by atoms with Gasteiger partial charge in [-0.2, -0.15) is 0 Å². The van der Waals surface area contributed by atoms with E-state index in [1.807, 2.05) is 0 Å². The molecule has 1 amide bonds. The van der Waals surface area contributed by atoms with Crippen molar-refractivity contribution in [2.45, 2.75) is 25.5 Å². The third-order valence-corrected chi connectivity index (χ3v) is 2.69. The summed E-state index contributed by atoms with van der Waals surface area (Å²) in [5.41, 5.74) is 0. The first-order valence-electron chi connectivity index (χ1n) is 5.33. The normalized spacial score (nSPS) is 27.7. The second kappa shape index (κ2) is 6.05. The number of hydrogen-bond acceptors (Lipinski definition) is 4. The van der Waals surface area contributed by atoms with E-state index in [1.165, 1.54) is 7.11 Å². The Bertz CT molecular complexity index is 211. The topological polar surface area (TPSA) is 70.6 Å². The van der Waals surface area contributed by atoms with Crippen molar-refractivity contribution < 1.29 is 14.6 Å². The number of amides is 1. The zero-order valence-corrected chi connectivity index (χ0v) is 9.32. The molecule has 0 spiro atoms. The van der Waals surface area contributed by atoms with Crippen LogP contribution >= 0.6 is 0 Å². The van der Waals surface area contributed by atoms with Crippen LogP contribution in [0, 0.1) is 5.92 Å². The molecular weight excluding hydrogens is 196 g/mol. The molecule has 15 heavy (non-hydrogen) atoms. The molecular formula is C10H20N2O3. The molecule has 0 aromatic heterocycles. The minimum Gasteiger partial charge on any atom is -0.389 e. The van der Waals surface area contributed by atoms with Gasteiger partial charge in [0.25, 0.3) is 0 Å². The second-order valence-corrected chi connectivity index (χ2v) is 4.05. The molecule has 1 heterocycles. The molecule has 0 radical (unpaired) electrons. The van der Waals surface area contributed by atoms with Gasteiger partial charge in [-0.1, -0.05) is 6.92 Å². The van der Waals surface area contributed by atoms with Gasteiger partial charge in [0.05, 0.1) is 18.8 Å². The number of ether oxygens (including phenoxy) is 1. The minimum absolute atomic E-state index is 0.0323. The van der Waals surface area contributed by atoms with Crippen LogP contribution in [0.2, 0.25) is 0 Å². The van der Waals surface area contributed by atoms with Crippen LogP contribution in [0.3, 0.4) is 0 Å². The molecule has 1 aliphatic heterocycles. The van der Waals surface area contributed by atoms with E-state index in [9.17, 15) is 9.90 Å². The molecule has 3 unspecified atom stereocenters. The maximum absolute atomic E-state index is 11.6. The van der Waals surface area contributed by atoms with Crippen molar-refractivity contribution in [2.24, 2.45) is 5.92 Å². The van der Waals surface area contributed by atoms with Gasteiger partial charge >= 0.3 is 0 Å². The summed E-state index contributed by atoms with van der Waals surface area (Å²) in [6.45, 7) is 3.43. The summed E-state index contributed by atoms with van der Waals surface area (Å²) < 4.78 is 4.77. The van der Waals surface area contributed by atoms with Crippen molar-refractivity contribution in [3.05, 3.63) is 0 Å². The van der Waals surface area contributed by atoms with Crippen molar-refractivity contribution in [3.63, 3.8) is 0 Å². The average Bonchev–Trinajstić information content (AvgIpc) is 2.61. The molecule has 3 atom stereocenters. The predicted octanol–water partition coefficient (Wildman–Crippen LogP) is -0.892. The summed E-state index contributed by atoms with van der Waals surface area (Å²) in [6, 6.07) is -0.111. The number of methoxy groups -OCH3 is 1. The third-order valence-electron chi connectivity index (χ3n) is 2.69. The molecule has 5 heteroatoms. The van der Waals surface area contributed by atoms with Crippen LogP contribution in [-0.2, 0) is 9.53 Å². The highest BCUT2D eigenvalue weighted by molar-refractivity contribution is 5.82. The average molecular weight is 216 g/mol. The lowest BCUT2D eigenvalue weighted by molar-refractivity contribution is -0.124. The van der Waals surface area contributed by atoms with E-state index in [0.29, 0.717) is 5.92 Å². The van der Waals surface area contributed by atoms with Crippen molar-refractivity contribution in [1.29, 1.82) is 0 Å². The number of rotatable bonds is 5. The van der Waals surface area contributed by atoms with Crippen LogP contribution in [0.15, 0.2) is 0 Å². The van der Waals surface area contributed by atoms with Crippen LogP contribution in [0.1, 0.15) is 13.3 Å². The predicted molar refractivity (Wildman–Crippen MR) is 56.5 cm³/mol. The molecule has 0 aromatic carbocycles. The van der Waals surface area contributed by atoms with E-state index in [4.69, 9.17) is 4.74 Å². The second-order valence-electron chi connectivity index (χ2n) is 4.05. The Morgan fingerprint density at radius 2 is 2.47 bits per heavy atom. The van der Waals surface area contributed by atoms with Crippen LogP contribution < -0.4 is 10.6 Å². The number of aliphatic hydroxyl groups excluding tert-OH is 1. The Morgan fingerprint density at radius 1 is 1.73 bits per heavy atom. The largest absolute Gasteiger partial charge is 0.389 e. The van der Waals surface area contributed by atoms with Gasteiger partial charge in [-0.15, -0.1) is 0 Å². The van der Waals surface area contributed by atoms with Crippen molar-refractivity contribution in [1.82, 2.24) is 10.6 Å². The fourth-order valence-electron chi connectivity index (χ4n) is 1.77. The van der Waals surface area contributed by atoms with Gasteiger partial charge in [-0.05, 0) is 18.9 Å². The summed E-state index contributed by atoms with van der Waals surface area (Å²) in [5, 5.41) is 15.2. The molecule has 3 N–H and O–H groups in total. The van der Waals surface area contributed by atoms with Crippen LogP contribution in [0.25, 0.3) is 0 Å². The molecule has 88 valence electrons. The number of nitrogens with one attached hydrogen (secondary N) is 2. The van der Waals surface area contributed by atoms with E-state index < -0.39 is 6.10 Å². The fraction of sp³-hybridized carbons (Fsp3) is 0.900. The Morgan fingerprint density at radius 3 is 3.00 bits per heavy atom. The lowest BCUT2D eigenvalue weighted by Crippen LogP contribution is -2.46. The Labute approximate surface area is 90.2 Å². The van der Waals surface area contributed by atoms with Gasteiger partial charge in [0.1, 0.15) is 0 Å². The SMILES string of the molecule is COCC(O)CNC(=O)C1NCCC1C. The van der Waals surface area contributed by atoms with Crippen molar-refractivity contribution >= 4 is 5.91 Å². The van der Waals surface area contributed by atoms with Crippen molar-refractivity contribution in [3.8, 4) is 0 Å². The summed E-state index contributed by atoms with van der Waals surface area (Å²) in [5.74, 6) is 0.333. The summed E-state index contributed by atoms with van der Waals surface area (Å²) >= 11 is 0. The van der Waals surface area contributed by atoms with Gasteiger partial charge < -0.3 is 20.5 Å². The first-order chi connectivity index (χ1) is 7.15. The Hall–Kier alpha value is -0.650.